The van der Waals surface area contributed by atoms with Crippen LogP contribution in [-0.2, 0) is 6.54 Å². The van der Waals surface area contributed by atoms with Crippen LogP contribution in [-0.4, -0.2) is 42.1 Å². The molecule has 178 valence electrons. The summed E-state index contributed by atoms with van der Waals surface area (Å²) in [6.07, 6.45) is 2.55. The quantitative estimate of drug-likeness (QED) is 0.535. The number of carbonyl (C=O) groups is 1. The molecule has 2 aromatic carbocycles. The maximum Gasteiger partial charge on any atom is 0.323 e. The van der Waals surface area contributed by atoms with E-state index in [1.807, 2.05) is 44.2 Å². The molecule has 1 saturated heterocycles. The number of nitrogens with one attached hydrogen (secondary N) is 2. The summed E-state index contributed by atoms with van der Waals surface area (Å²) in [7, 11) is 0. The van der Waals surface area contributed by atoms with Crippen LogP contribution in [0.4, 0.5) is 30.8 Å². The fraction of sp³-hybridized carbons (Fsp3) is 0.308. The number of aryl methyl sites for hydroxylation is 2. The highest BCUT2D eigenvalue weighted by atomic mass is 19.1. The predicted molar refractivity (Wildman–Crippen MR) is 131 cm³/mol. The highest BCUT2D eigenvalue weighted by Crippen LogP contribution is 2.21. The number of nitrogens with zero attached hydrogens (tertiary/aromatic N) is 3. The minimum atomic E-state index is -0.560. The number of urea groups is 1. The molecule has 0 saturated carbocycles. The molecule has 1 aliphatic heterocycles. The molecule has 8 heteroatoms. The molecule has 2 N–H and O–H groups in total. The summed E-state index contributed by atoms with van der Waals surface area (Å²) in [6, 6.07) is 13.0. The van der Waals surface area contributed by atoms with Gasteiger partial charge in [-0.15, -0.1) is 0 Å². The summed E-state index contributed by atoms with van der Waals surface area (Å²) in [5.74, 6) is -0.238. The van der Waals surface area contributed by atoms with E-state index in [4.69, 9.17) is 0 Å². The molecular formula is C26H29F2N5O. The third-order valence-corrected chi connectivity index (χ3v) is 6.05. The van der Waals surface area contributed by atoms with E-state index >= 15 is 0 Å². The van der Waals surface area contributed by atoms with Crippen molar-refractivity contribution in [1.82, 2.24) is 9.88 Å². The van der Waals surface area contributed by atoms with Crippen LogP contribution in [0.25, 0.3) is 0 Å². The van der Waals surface area contributed by atoms with Gasteiger partial charge in [-0.2, -0.15) is 0 Å². The van der Waals surface area contributed by atoms with Crippen LogP contribution >= 0.6 is 0 Å². The van der Waals surface area contributed by atoms with E-state index < -0.39 is 11.6 Å². The molecule has 34 heavy (non-hydrogen) atoms. The molecule has 0 atom stereocenters. The van der Waals surface area contributed by atoms with Gasteiger partial charge in [-0.25, -0.2) is 18.6 Å². The largest absolute Gasteiger partial charge is 0.355 e. The van der Waals surface area contributed by atoms with Gasteiger partial charge in [-0.05, 0) is 49.6 Å². The van der Waals surface area contributed by atoms with E-state index in [0.717, 1.165) is 61.3 Å². The monoisotopic (exact) mass is 465 g/mol. The maximum absolute atomic E-state index is 14.0. The highest BCUT2D eigenvalue weighted by molar-refractivity contribution is 6.00. The molecule has 2 amide bonds. The van der Waals surface area contributed by atoms with Gasteiger partial charge in [0.15, 0.2) is 0 Å². The molecule has 0 bridgehead atoms. The first-order valence-electron chi connectivity index (χ1n) is 11.4. The van der Waals surface area contributed by atoms with Gasteiger partial charge in [0.2, 0.25) is 0 Å². The van der Waals surface area contributed by atoms with Crippen molar-refractivity contribution in [2.75, 3.05) is 41.7 Å². The molecule has 1 aliphatic rings. The fourth-order valence-electron chi connectivity index (χ4n) is 4.18. The van der Waals surface area contributed by atoms with Crippen LogP contribution in [0, 0.1) is 25.5 Å². The van der Waals surface area contributed by atoms with Gasteiger partial charge < -0.3 is 15.5 Å². The Balaban J connectivity index is 1.32. The van der Waals surface area contributed by atoms with Crippen molar-refractivity contribution in [3.8, 4) is 0 Å². The number of halogens is 2. The molecule has 6 nitrogen and oxygen atoms in total. The summed E-state index contributed by atoms with van der Waals surface area (Å²) >= 11 is 0. The number of carbonyl (C=O) groups excluding carboxylic acids is 1. The number of aromatic nitrogens is 1. The number of amides is 2. The summed E-state index contributed by atoms with van der Waals surface area (Å²) in [5, 5.41) is 5.73. The fourth-order valence-corrected chi connectivity index (χ4v) is 4.18. The molecule has 2 heterocycles. The average molecular weight is 466 g/mol. The first-order valence-corrected chi connectivity index (χ1v) is 11.4. The number of pyridine rings is 1. The van der Waals surface area contributed by atoms with Crippen LogP contribution in [0.2, 0.25) is 0 Å². The normalized spacial score (nSPS) is 14.5. The van der Waals surface area contributed by atoms with E-state index in [0.29, 0.717) is 17.8 Å². The minimum absolute atomic E-state index is 0.314. The van der Waals surface area contributed by atoms with Crippen LogP contribution in [0.15, 0.2) is 54.7 Å². The topological polar surface area (TPSA) is 60.5 Å². The second-order valence-electron chi connectivity index (χ2n) is 8.60. The van der Waals surface area contributed by atoms with Gasteiger partial charge >= 0.3 is 6.03 Å². The van der Waals surface area contributed by atoms with Crippen LogP contribution in [0.5, 0.6) is 0 Å². The third kappa shape index (κ3) is 5.88. The van der Waals surface area contributed by atoms with Crippen LogP contribution in [0.3, 0.4) is 0 Å². The number of anilines is 3. The predicted octanol–water partition coefficient (Wildman–Crippen LogP) is 5.33. The summed E-state index contributed by atoms with van der Waals surface area (Å²) in [5.41, 5.74) is 3.92. The molecule has 1 aromatic heterocycles. The van der Waals surface area contributed by atoms with Crippen LogP contribution < -0.4 is 15.5 Å². The van der Waals surface area contributed by atoms with Crippen molar-refractivity contribution < 1.29 is 13.6 Å². The van der Waals surface area contributed by atoms with E-state index in [9.17, 15) is 13.6 Å². The van der Waals surface area contributed by atoms with Gasteiger partial charge in [0.25, 0.3) is 0 Å². The molecule has 0 spiro atoms. The number of para-hydroxylation sites is 1. The van der Waals surface area contributed by atoms with E-state index in [1.54, 1.807) is 6.20 Å². The van der Waals surface area contributed by atoms with Crippen molar-refractivity contribution in [2.45, 2.75) is 26.8 Å². The molecule has 3 aromatic rings. The second-order valence-corrected chi connectivity index (χ2v) is 8.60. The molecule has 4 rings (SSSR count). The lowest BCUT2D eigenvalue weighted by Crippen LogP contribution is -2.31. The smallest absolute Gasteiger partial charge is 0.323 e. The SMILES string of the molecule is Cc1cccc(C)c1NC(=O)Nc1ccc(N2CCCN(Cc3ccc(F)cc3F)CC2)nc1. The molecular weight excluding hydrogens is 436 g/mol. The van der Waals surface area contributed by atoms with Gasteiger partial charge in [0.05, 0.1) is 11.9 Å². The van der Waals surface area contributed by atoms with Crippen molar-refractivity contribution in [2.24, 2.45) is 0 Å². The van der Waals surface area contributed by atoms with E-state index in [-0.39, 0.29) is 6.03 Å². The molecule has 1 fully saturated rings. The first-order chi connectivity index (χ1) is 16.4. The molecule has 0 unspecified atom stereocenters. The van der Waals surface area contributed by atoms with Gasteiger partial charge in [0.1, 0.15) is 17.5 Å². The number of hydrogen-bond donors (Lipinski definition) is 2. The Morgan fingerprint density at radius 1 is 0.971 bits per heavy atom. The highest BCUT2D eigenvalue weighted by Gasteiger charge is 2.18. The standard InChI is InChI=1S/C26H29F2N5O/c1-18-5-3-6-19(2)25(18)31-26(34)30-22-9-10-24(29-16-22)33-12-4-11-32(13-14-33)17-20-7-8-21(27)15-23(20)28/h3,5-10,15-16H,4,11-14,17H2,1-2H3,(H2,30,31,34). The van der Waals surface area contributed by atoms with E-state index in [2.05, 4.69) is 25.4 Å². The third-order valence-electron chi connectivity index (χ3n) is 6.05. The Hall–Kier alpha value is -3.52. The zero-order valence-electron chi connectivity index (χ0n) is 19.4. The van der Waals surface area contributed by atoms with Crippen LogP contribution in [0.1, 0.15) is 23.1 Å². The first kappa shape index (κ1) is 23.6. The zero-order valence-corrected chi connectivity index (χ0v) is 19.4. The molecule has 0 aliphatic carbocycles. The summed E-state index contributed by atoms with van der Waals surface area (Å²) < 4.78 is 27.2. The summed E-state index contributed by atoms with van der Waals surface area (Å²) in [6.45, 7) is 7.51. The Bertz CT molecular complexity index is 1130. The summed E-state index contributed by atoms with van der Waals surface area (Å²) in [4.78, 5) is 21.3. The van der Waals surface area contributed by atoms with Crippen molar-refractivity contribution in [1.29, 1.82) is 0 Å². The number of benzene rings is 2. The zero-order chi connectivity index (χ0) is 24.1. The Labute approximate surface area is 198 Å². The van der Waals surface area contributed by atoms with Crippen molar-refractivity contribution >= 4 is 23.2 Å². The van der Waals surface area contributed by atoms with Gasteiger partial charge in [-0.1, -0.05) is 24.3 Å². The lowest BCUT2D eigenvalue weighted by atomic mass is 10.1. The minimum Gasteiger partial charge on any atom is -0.355 e. The second kappa shape index (κ2) is 10.6. The maximum atomic E-state index is 14.0. The number of rotatable bonds is 5. The lowest BCUT2D eigenvalue weighted by molar-refractivity contribution is 0.262. The lowest BCUT2D eigenvalue weighted by Gasteiger charge is -2.23. The van der Waals surface area contributed by atoms with Gasteiger partial charge in [0, 0.05) is 50.0 Å². The Kier molecular flexibility index (Phi) is 7.37. The number of hydrogen-bond acceptors (Lipinski definition) is 4. The van der Waals surface area contributed by atoms with E-state index in [1.165, 1.54) is 12.1 Å². The Morgan fingerprint density at radius 3 is 2.47 bits per heavy atom. The van der Waals surface area contributed by atoms with Crippen molar-refractivity contribution in [3.05, 3.63) is 83.1 Å². The van der Waals surface area contributed by atoms with Crippen molar-refractivity contribution in [3.63, 3.8) is 0 Å². The van der Waals surface area contributed by atoms with Gasteiger partial charge in [-0.3, -0.25) is 4.90 Å². The molecule has 0 radical (unpaired) electrons. The average Bonchev–Trinajstić information content (AvgIpc) is 3.04. The Morgan fingerprint density at radius 2 is 1.76 bits per heavy atom.